The number of carbonyl (C=O) groups is 1. The van der Waals surface area contributed by atoms with Crippen molar-refractivity contribution in [3.63, 3.8) is 0 Å². The van der Waals surface area contributed by atoms with Crippen molar-refractivity contribution in [1.82, 2.24) is 0 Å². The van der Waals surface area contributed by atoms with E-state index in [9.17, 15) is 4.79 Å². The topological polar surface area (TPSA) is 61.5 Å². The third kappa shape index (κ3) is 3.46. The van der Waals surface area contributed by atoms with Crippen molar-refractivity contribution in [3.05, 3.63) is 53.6 Å². The highest BCUT2D eigenvalue weighted by Crippen LogP contribution is 2.34. The number of carbonyl (C=O) groups excluding carboxylic acids is 1. The molecule has 2 N–H and O–H groups in total. The SMILES string of the molecule is COC(=O)CC(N)c1ccc(OC)c(-c2ccccc2C)c1. The zero-order valence-corrected chi connectivity index (χ0v) is 13.1. The van der Waals surface area contributed by atoms with Gasteiger partial charge in [-0.3, -0.25) is 4.79 Å². The number of ether oxygens (including phenoxy) is 2. The first-order valence-electron chi connectivity index (χ1n) is 7.13. The summed E-state index contributed by atoms with van der Waals surface area (Å²) in [6, 6.07) is 13.4. The van der Waals surface area contributed by atoms with E-state index in [2.05, 4.69) is 17.7 Å². The lowest BCUT2D eigenvalue weighted by Crippen LogP contribution is -2.16. The van der Waals surface area contributed by atoms with Gasteiger partial charge in [0.2, 0.25) is 0 Å². The van der Waals surface area contributed by atoms with E-state index in [1.807, 2.05) is 36.4 Å². The minimum Gasteiger partial charge on any atom is -0.496 e. The number of hydrogen-bond donors (Lipinski definition) is 1. The number of rotatable bonds is 5. The zero-order chi connectivity index (χ0) is 16.1. The van der Waals surface area contributed by atoms with Crippen LogP contribution in [0.5, 0.6) is 5.75 Å². The van der Waals surface area contributed by atoms with Gasteiger partial charge in [-0.2, -0.15) is 0 Å². The maximum Gasteiger partial charge on any atom is 0.307 e. The Labute approximate surface area is 130 Å². The normalized spacial score (nSPS) is 11.8. The van der Waals surface area contributed by atoms with E-state index < -0.39 is 6.04 Å². The summed E-state index contributed by atoms with van der Waals surface area (Å²) in [6.45, 7) is 2.05. The van der Waals surface area contributed by atoms with Gasteiger partial charge < -0.3 is 15.2 Å². The average Bonchev–Trinajstić information content (AvgIpc) is 2.54. The van der Waals surface area contributed by atoms with Crippen LogP contribution in [0, 0.1) is 6.92 Å². The molecular formula is C18H21NO3. The molecule has 0 fully saturated rings. The van der Waals surface area contributed by atoms with Gasteiger partial charge in [0.05, 0.1) is 20.6 Å². The van der Waals surface area contributed by atoms with E-state index in [1.54, 1.807) is 7.11 Å². The van der Waals surface area contributed by atoms with Crippen LogP contribution in [0.3, 0.4) is 0 Å². The van der Waals surface area contributed by atoms with Gasteiger partial charge in [0, 0.05) is 11.6 Å². The molecule has 0 heterocycles. The minimum atomic E-state index is -0.402. The van der Waals surface area contributed by atoms with E-state index in [-0.39, 0.29) is 12.4 Å². The van der Waals surface area contributed by atoms with Crippen LogP contribution >= 0.6 is 0 Å². The van der Waals surface area contributed by atoms with E-state index in [4.69, 9.17) is 10.5 Å². The average molecular weight is 299 g/mol. The molecule has 2 aromatic rings. The van der Waals surface area contributed by atoms with Crippen molar-refractivity contribution in [1.29, 1.82) is 0 Å². The molecule has 1 atom stereocenters. The van der Waals surface area contributed by atoms with Gasteiger partial charge in [0.25, 0.3) is 0 Å². The summed E-state index contributed by atoms with van der Waals surface area (Å²) in [4.78, 5) is 11.4. The highest BCUT2D eigenvalue weighted by molar-refractivity contribution is 5.75. The van der Waals surface area contributed by atoms with E-state index in [1.165, 1.54) is 7.11 Å². The Hall–Kier alpha value is -2.33. The number of nitrogens with two attached hydrogens (primary N) is 1. The summed E-state index contributed by atoms with van der Waals surface area (Å²) in [5, 5.41) is 0. The van der Waals surface area contributed by atoms with Crippen LogP contribution in [0.15, 0.2) is 42.5 Å². The molecule has 116 valence electrons. The van der Waals surface area contributed by atoms with Crippen LogP contribution in [-0.2, 0) is 9.53 Å². The fourth-order valence-electron chi connectivity index (χ4n) is 2.42. The Morgan fingerprint density at radius 2 is 1.86 bits per heavy atom. The van der Waals surface area contributed by atoms with Gasteiger partial charge >= 0.3 is 5.97 Å². The van der Waals surface area contributed by atoms with E-state index in [0.29, 0.717) is 0 Å². The minimum absolute atomic E-state index is 0.149. The molecule has 4 heteroatoms. The Balaban J connectivity index is 2.43. The molecule has 0 radical (unpaired) electrons. The highest BCUT2D eigenvalue weighted by atomic mass is 16.5. The Bertz CT molecular complexity index is 667. The van der Waals surface area contributed by atoms with E-state index in [0.717, 1.165) is 28.0 Å². The quantitative estimate of drug-likeness (QED) is 0.861. The summed E-state index contributed by atoms with van der Waals surface area (Å²) in [6.07, 6.45) is 0.149. The molecule has 0 saturated carbocycles. The maximum absolute atomic E-state index is 11.4. The number of esters is 1. The van der Waals surface area contributed by atoms with Crippen LogP contribution in [0.25, 0.3) is 11.1 Å². The lowest BCUT2D eigenvalue weighted by atomic mass is 9.95. The fourth-order valence-corrected chi connectivity index (χ4v) is 2.42. The first kappa shape index (κ1) is 16.0. The van der Waals surface area contributed by atoms with Gasteiger partial charge in [-0.1, -0.05) is 30.3 Å². The van der Waals surface area contributed by atoms with Crippen molar-refractivity contribution in [2.75, 3.05) is 14.2 Å². The summed E-state index contributed by atoms with van der Waals surface area (Å²) in [7, 11) is 3.01. The molecular weight excluding hydrogens is 278 g/mol. The summed E-state index contributed by atoms with van der Waals surface area (Å²) < 4.78 is 10.1. The summed E-state index contributed by atoms with van der Waals surface area (Å²) >= 11 is 0. The molecule has 2 aromatic carbocycles. The summed E-state index contributed by atoms with van der Waals surface area (Å²) in [5.74, 6) is 0.462. The molecule has 0 amide bonds. The molecule has 4 nitrogen and oxygen atoms in total. The van der Waals surface area contributed by atoms with Crippen molar-refractivity contribution in [3.8, 4) is 16.9 Å². The Morgan fingerprint density at radius 3 is 2.50 bits per heavy atom. The lowest BCUT2D eigenvalue weighted by molar-refractivity contribution is -0.141. The van der Waals surface area contributed by atoms with Gasteiger partial charge in [-0.15, -0.1) is 0 Å². The predicted molar refractivity (Wildman–Crippen MR) is 86.7 cm³/mol. The number of benzene rings is 2. The van der Waals surface area contributed by atoms with Crippen LogP contribution < -0.4 is 10.5 Å². The number of methoxy groups -OCH3 is 2. The van der Waals surface area contributed by atoms with Crippen LogP contribution in [0.2, 0.25) is 0 Å². The van der Waals surface area contributed by atoms with Gasteiger partial charge in [0.15, 0.2) is 0 Å². The molecule has 0 aromatic heterocycles. The zero-order valence-electron chi connectivity index (χ0n) is 13.1. The monoisotopic (exact) mass is 299 g/mol. The molecule has 0 spiro atoms. The number of hydrogen-bond acceptors (Lipinski definition) is 4. The molecule has 0 aliphatic rings. The van der Waals surface area contributed by atoms with Gasteiger partial charge in [0.1, 0.15) is 5.75 Å². The highest BCUT2D eigenvalue weighted by Gasteiger charge is 2.15. The second-order valence-corrected chi connectivity index (χ2v) is 5.16. The summed E-state index contributed by atoms with van der Waals surface area (Å²) in [5.41, 5.74) is 10.2. The van der Waals surface area contributed by atoms with Crippen molar-refractivity contribution < 1.29 is 14.3 Å². The van der Waals surface area contributed by atoms with Crippen LogP contribution in [0.4, 0.5) is 0 Å². The Kier molecular flexibility index (Phi) is 5.17. The smallest absolute Gasteiger partial charge is 0.307 e. The van der Waals surface area contributed by atoms with Crippen molar-refractivity contribution in [2.45, 2.75) is 19.4 Å². The van der Waals surface area contributed by atoms with Crippen LogP contribution in [0.1, 0.15) is 23.6 Å². The third-order valence-corrected chi connectivity index (χ3v) is 3.70. The predicted octanol–water partition coefficient (Wildman–Crippen LogP) is 3.23. The standard InChI is InChI=1S/C18H21NO3/c1-12-6-4-5-7-14(12)15-10-13(8-9-17(15)21-2)16(19)11-18(20)22-3/h4-10,16H,11,19H2,1-3H3. The van der Waals surface area contributed by atoms with Crippen LogP contribution in [-0.4, -0.2) is 20.2 Å². The fraction of sp³-hybridized carbons (Fsp3) is 0.278. The third-order valence-electron chi connectivity index (χ3n) is 3.70. The van der Waals surface area contributed by atoms with Crippen molar-refractivity contribution in [2.24, 2.45) is 5.73 Å². The van der Waals surface area contributed by atoms with E-state index >= 15 is 0 Å². The Morgan fingerprint density at radius 1 is 1.14 bits per heavy atom. The molecule has 0 bridgehead atoms. The number of aryl methyl sites for hydroxylation is 1. The molecule has 0 aliphatic heterocycles. The van der Waals surface area contributed by atoms with Gasteiger partial charge in [-0.05, 0) is 35.7 Å². The molecule has 0 saturated heterocycles. The second kappa shape index (κ2) is 7.09. The maximum atomic E-state index is 11.4. The first-order valence-corrected chi connectivity index (χ1v) is 7.13. The molecule has 1 unspecified atom stereocenters. The van der Waals surface area contributed by atoms with Crippen molar-refractivity contribution >= 4 is 5.97 Å². The molecule has 2 rings (SSSR count). The molecule has 22 heavy (non-hydrogen) atoms. The largest absolute Gasteiger partial charge is 0.496 e. The first-order chi connectivity index (χ1) is 10.6. The molecule has 0 aliphatic carbocycles. The van der Waals surface area contributed by atoms with Gasteiger partial charge in [-0.25, -0.2) is 0 Å². The lowest BCUT2D eigenvalue weighted by Gasteiger charge is -2.16. The second-order valence-electron chi connectivity index (χ2n) is 5.16.